The van der Waals surface area contributed by atoms with Gasteiger partial charge in [-0.15, -0.1) is 0 Å². The average molecular weight is 397 g/mol. The summed E-state index contributed by atoms with van der Waals surface area (Å²) >= 11 is 0. The largest absolute Gasteiger partial charge is 0.334 e. The summed E-state index contributed by atoms with van der Waals surface area (Å²) in [7, 11) is 0. The fourth-order valence-corrected chi connectivity index (χ4v) is 3.59. The van der Waals surface area contributed by atoms with Crippen molar-refractivity contribution in [2.75, 3.05) is 11.9 Å². The van der Waals surface area contributed by atoms with E-state index in [2.05, 4.69) is 0 Å². The number of nitrogens with one attached hydrogen (secondary N) is 1. The molecule has 0 radical (unpaired) electrons. The van der Waals surface area contributed by atoms with Crippen LogP contribution in [0.2, 0.25) is 0 Å². The van der Waals surface area contributed by atoms with E-state index in [1.165, 1.54) is 0 Å². The highest BCUT2D eigenvalue weighted by Crippen LogP contribution is 2.31. The molecule has 1 N–H and O–H groups in total. The monoisotopic (exact) mass is 397 g/mol. The summed E-state index contributed by atoms with van der Waals surface area (Å²) in [6.45, 7) is 1.04. The summed E-state index contributed by atoms with van der Waals surface area (Å²) in [4.78, 5) is 50.5. The molecule has 1 saturated heterocycles. The van der Waals surface area contributed by atoms with Crippen LogP contribution in [0, 0.1) is 23.4 Å². The zero-order valence-electron chi connectivity index (χ0n) is 15.0. The second kappa shape index (κ2) is 7.61. The first-order valence-corrected chi connectivity index (χ1v) is 8.84. The molecule has 1 heterocycles. The van der Waals surface area contributed by atoms with Gasteiger partial charge in [0.05, 0.1) is 5.69 Å². The fraction of sp³-hybridized carbons (Fsp3) is 0.444. The molecule has 1 aromatic carbocycles. The Balaban J connectivity index is 1.72. The van der Waals surface area contributed by atoms with E-state index in [1.54, 1.807) is 0 Å². The van der Waals surface area contributed by atoms with Crippen LogP contribution in [0.15, 0.2) is 12.1 Å². The van der Waals surface area contributed by atoms with Crippen molar-refractivity contribution in [3.05, 3.63) is 29.6 Å². The van der Waals surface area contributed by atoms with Crippen molar-refractivity contribution in [1.29, 1.82) is 0 Å². The maximum atomic E-state index is 13.7. The van der Waals surface area contributed by atoms with Crippen molar-refractivity contribution in [1.82, 2.24) is 9.80 Å². The zero-order chi connectivity index (χ0) is 20.6. The molecule has 0 spiro atoms. The number of carbonyl (C=O) groups is 4. The van der Waals surface area contributed by atoms with E-state index in [0.717, 1.165) is 30.2 Å². The Morgan fingerprint density at radius 3 is 2.43 bits per heavy atom. The van der Waals surface area contributed by atoms with E-state index in [-0.39, 0.29) is 5.92 Å². The zero-order valence-corrected chi connectivity index (χ0v) is 15.0. The predicted octanol–water partition coefficient (Wildman–Crippen LogP) is 2.41. The highest BCUT2D eigenvalue weighted by Gasteiger charge is 2.49. The smallest absolute Gasteiger partial charge is 0.322 e. The molecule has 1 aliphatic heterocycles. The predicted molar refractivity (Wildman–Crippen MR) is 90.3 cm³/mol. The highest BCUT2D eigenvalue weighted by atomic mass is 19.2. The van der Waals surface area contributed by atoms with Crippen LogP contribution in [0.5, 0.6) is 0 Å². The Morgan fingerprint density at radius 2 is 1.75 bits per heavy atom. The molecule has 5 amide bonds. The number of benzene rings is 1. The molecule has 0 unspecified atom stereocenters. The quantitative estimate of drug-likeness (QED) is 0.480. The van der Waals surface area contributed by atoms with Crippen molar-refractivity contribution in [3.63, 3.8) is 0 Å². The fourth-order valence-electron chi connectivity index (χ4n) is 3.59. The number of anilines is 1. The highest BCUT2D eigenvalue weighted by molar-refractivity contribution is 6.45. The normalized spacial score (nSPS) is 22.8. The lowest BCUT2D eigenvalue weighted by Gasteiger charge is -2.34. The van der Waals surface area contributed by atoms with E-state index in [9.17, 15) is 32.3 Å². The van der Waals surface area contributed by atoms with Gasteiger partial charge in [0.2, 0.25) is 5.91 Å². The second-order valence-corrected chi connectivity index (χ2v) is 6.95. The van der Waals surface area contributed by atoms with Gasteiger partial charge in [0.15, 0.2) is 17.5 Å². The molecule has 0 bridgehead atoms. The van der Waals surface area contributed by atoms with Gasteiger partial charge in [-0.05, 0) is 30.9 Å². The summed E-state index contributed by atoms with van der Waals surface area (Å²) in [5.74, 6) is -7.96. The number of imide groups is 2. The van der Waals surface area contributed by atoms with Crippen molar-refractivity contribution >= 4 is 29.4 Å². The Kier molecular flexibility index (Phi) is 5.39. The second-order valence-electron chi connectivity index (χ2n) is 6.95. The van der Waals surface area contributed by atoms with Gasteiger partial charge in [-0.25, -0.2) is 22.9 Å². The van der Waals surface area contributed by atoms with Gasteiger partial charge in [-0.2, -0.15) is 0 Å². The number of rotatable bonds is 4. The van der Waals surface area contributed by atoms with Crippen LogP contribution in [0.1, 0.15) is 32.6 Å². The number of nitrogens with zero attached hydrogens (tertiary/aromatic N) is 2. The van der Waals surface area contributed by atoms with Gasteiger partial charge in [-0.3, -0.25) is 19.3 Å². The SMILES string of the molecule is C[C@@H]1CCCC[C@H]1N1C(=O)C(=O)N(CC(=O)Nc2ccc(F)c(F)c2F)C1=O. The third-order valence-electron chi connectivity index (χ3n) is 5.09. The van der Waals surface area contributed by atoms with Crippen molar-refractivity contribution in [2.24, 2.45) is 5.92 Å². The minimum absolute atomic E-state index is 0.0273. The van der Waals surface area contributed by atoms with Gasteiger partial charge in [0, 0.05) is 6.04 Å². The Morgan fingerprint density at radius 1 is 1.07 bits per heavy atom. The lowest BCUT2D eigenvalue weighted by atomic mass is 9.85. The van der Waals surface area contributed by atoms with E-state index in [4.69, 9.17) is 0 Å². The van der Waals surface area contributed by atoms with Crippen LogP contribution >= 0.6 is 0 Å². The molecular formula is C18H18F3N3O4. The average Bonchev–Trinajstić information content (AvgIpc) is 2.86. The third-order valence-corrected chi connectivity index (χ3v) is 5.09. The molecule has 3 rings (SSSR count). The number of halogens is 3. The number of carbonyl (C=O) groups excluding carboxylic acids is 4. The van der Waals surface area contributed by atoms with Gasteiger partial charge in [-0.1, -0.05) is 19.8 Å². The number of amides is 5. The number of hydrogen-bond donors (Lipinski definition) is 1. The molecule has 2 atom stereocenters. The minimum atomic E-state index is -1.77. The van der Waals surface area contributed by atoms with Gasteiger partial charge >= 0.3 is 17.8 Å². The molecule has 0 aromatic heterocycles. The summed E-state index contributed by atoms with van der Waals surface area (Å²) in [5, 5.41) is 1.97. The molecule has 1 aliphatic carbocycles. The molecule has 1 saturated carbocycles. The van der Waals surface area contributed by atoms with Crippen LogP contribution in [0.25, 0.3) is 0 Å². The molecular weight excluding hydrogens is 379 g/mol. The van der Waals surface area contributed by atoms with Crippen LogP contribution in [-0.2, 0) is 14.4 Å². The molecule has 7 nitrogen and oxygen atoms in total. The first kappa shape index (κ1) is 19.8. The summed E-state index contributed by atoms with van der Waals surface area (Å²) < 4.78 is 39.9. The van der Waals surface area contributed by atoms with Gasteiger partial charge in [0.1, 0.15) is 6.54 Å². The van der Waals surface area contributed by atoms with E-state index < -0.39 is 59.5 Å². The molecule has 1 aromatic rings. The van der Waals surface area contributed by atoms with E-state index >= 15 is 0 Å². The van der Waals surface area contributed by atoms with E-state index in [1.807, 2.05) is 12.2 Å². The maximum absolute atomic E-state index is 13.7. The number of urea groups is 1. The molecule has 28 heavy (non-hydrogen) atoms. The van der Waals surface area contributed by atoms with Crippen molar-refractivity contribution in [3.8, 4) is 0 Å². The molecule has 2 aliphatic rings. The summed E-state index contributed by atoms with van der Waals surface area (Å²) in [5.41, 5.74) is -0.646. The van der Waals surface area contributed by atoms with Gasteiger partial charge in [0.25, 0.3) is 0 Å². The topological polar surface area (TPSA) is 86.8 Å². The van der Waals surface area contributed by atoms with Crippen molar-refractivity contribution < 1.29 is 32.3 Å². The molecule has 150 valence electrons. The minimum Gasteiger partial charge on any atom is -0.322 e. The standard InChI is InChI=1S/C18H18F3N3O4/c1-9-4-2-3-5-12(9)24-17(27)16(26)23(18(24)28)8-13(25)22-11-7-6-10(19)14(20)15(11)21/h6-7,9,12H,2-5,8H2,1H3,(H,22,25)/t9-,12-/m1/s1. The van der Waals surface area contributed by atoms with Gasteiger partial charge < -0.3 is 5.32 Å². The third kappa shape index (κ3) is 3.46. The lowest BCUT2D eigenvalue weighted by Crippen LogP contribution is -2.46. The van der Waals surface area contributed by atoms with Crippen LogP contribution in [0.3, 0.4) is 0 Å². The number of hydrogen-bond acceptors (Lipinski definition) is 4. The molecule has 2 fully saturated rings. The first-order valence-electron chi connectivity index (χ1n) is 8.84. The van der Waals surface area contributed by atoms with Crippen LogP contribution in [0.4, 0.5) is 23.7 Å². The summed E-state index contributed by atoms with van der Waals surface area (Å²) in [6, 6.07) is 0.0974. The lowest BCUT2D eigenvalue weighted by molar-refractivity contribution is -0.145. The Labute approximate surface area is 158 Å². The molecule has 10 heteroatoms. The van der Waals surface area contributed by atoms with E-state index in [0.29, 0.717) is 17.4 Å². The Bertz CT molecular complexity index is 861. The summed E-state index contributed by atoms with van der Waals surface area (Å²) in [6.07, 6.45) is 3.17. The Hall–Kier alpha value is -2.91. The first-order chi connectivity index (χ1) is 13.2. The maximum Gasteiger partial charge on any atom is 0.334 e. The van der Waals surface area contributed by atoms with Crippen LogP contribution < -0.4 is 5.32 Å². The van der Waals surface area contributed by atoms with Crippen molar-refractivity contribution in [2.45, 2.75) is 38.6 Å². The van der Waals surface area contributed by atoms with Crippen LogP contribution in [-0.4, -0.2) is 46.1 Å².